The highest BCUT2D eigenvalue weighted by Crippen LogP contribution is 2.28. The molecule has 0 saturated carbocycles. The zero-order valence-corrected chi connectivity index (χ0v) is 12.2. The smallest absolute Gasteiger partial charge is 0.0707 e. The van der Waals surface area contributed by atoms with Gasteiger partial charge in [-0.05, 0) is 11.6 Å². The van der Waals surface area contributed by atoms with Gasteiger partial charge in [0.05, 0.1) is 6.10 Å². The Morgan fingerprint density at radius 1 is 1.38 bits per heavy atom. The molecule has 2 rings (SSSR count). The topological polar surface area (TPSA) is 20.2 Å². The van der Waals surface area contributed by atoms with Gasteiger partial charge in [-0.1, -0.05) is 34.1 Å². The molecular formula is C12H15BrOS2. The first kappa shape index (κ1) is 12.8. The second-order valence-corrected chi connectivity index (χ2v) is 7.20. The Morgan fingerprint density at radius 2 is 2.19 bits per heavy atom. The third kappa shape index (κ3) is 3.42. The molecule has 0 bridgehead atoms. The molecule has 1 aromatic rings. The van der Waals surface area contributed by atoms with Crippen molar-refractivity contribution in [2.24, 2.45) is 0 Å². The van der Waals surface area contributed by atoms with Crippen molar-refractivity contribution in [3.05, 3.63) is 34.3 Å². The van der Waals surface area contributed by atoms with E-state index < -0.39 is 0 Å². The van der Waals surface area contributed by atoms with Crippen LogP contribution in [0.25, 0.3) is 0 Å². The predicted molar refractivity (Wildman–Crippen MR) is 77.4 cm³/mol. The predicted octanol–water partition coefficient (Wildman–Crippen LogP) is 3.20. The average molecular weight is 319 g/mol. The summed E-state index contributed by atoms with van der Waals surface area (Å²) in [5.74, 6) is 3.47. The van der Waals surface area contributed by atoms with Crippen molar-refractivity contribution in [1.29, 1.82) is 0 Å². The highest BCUT2D eigenvalue weighted by molar-refractivity contribution is 9.10. The summed E-state index contributed by atoms with van der Waals surface area (Å²) in [4.78, 5) is 0. The van der Waals surface area contributed by atoms with Crippen molar-refractivity contribution >= 4 is 39.5 Å². The summed E-state index contributed by atoms with van der Waals surface area (Å²) in [6.45, 7) is 0. The van der Waals surface area contributed by atoms with Gasteiger partial charge in [-0.15, -0.1) is 0 Å². The molecular weight excluding hydrogens is 304 g/mol. The fraction of sp³-hybridized carbons (Fsp3) is 0.500. The second-order valence-electron chi connectivity index (χ2n) is 3.85. The van der Waals surface area contributed by atoms with Gasteiger partial charge in [0, 0.05) is 33.4 Å². The summed E-state index contributed by atoms with van der Waals surface area (Å²) in [5.41, 5.74) is 1.20. The van der Waals surface area contributed by atoms with Crippen LogP contribution in [-0.4, -0.2) is 33.7 Å². The van der Waals surface area contributed by atoms with Crippen molar-refractivity contribution in [2.45, 2.75) is 17.8 Å². The molecule has 1 nitrogen and oxygen atoms in total. The van der Waals surface area contributed by atoms with E-state index in [4.69, 9.17) is 0 Å². The zero-order valence-electron chi connectivity index (χ0n) is 8.93. The average Bonchev–Trinajstić information content (AvgIpc) is 2.33. The van der Waals surface area contributed by atoms with E-state index in [0.29, 0.717) is 5.25 Å². The Kier molecular flexibility index (Phi) is 5.07. The Morgan fingerprint density at radius 3 is 2.88 bits per heavy atom. The molecule has 1 N–H and O–H groups in total. The minimum Gasteiger partial charge on any atom is -0.392 e. The van der Waals surface area contributed by atoms with Crippen LogP contribution < -0.4 is 0 Å². The second kappa shape index (κ2) is 6.34. The molecule has 1 aromatic carbocycles. The maximum Gasteiger partial charge on any atom is 0.0707 e. The van der Waals surface area contributed by atoms with Gasteiger partial charge in [-0.25, -0.2) is 0 Å². The molecule has 0 aliphatic carbocycles. The largest absolute Gasteiger partial charge is 0.392 e. The number of aliphatic hydroxyl groups is 1. The Balaban J connectivity index is 1.96. The van der Waals surface area contributed by atoms with Gasteiger partial charge in [-0.2, -0.15) is 23.5 Å². The number of benzene rings is 1. The molecule has 88 valence electrons. The van der Waals surface area contributed by atoms with Gasteiger partial charge >= 0.3 is 0 Å². The molecule has 1 saturated heterocycles. The number of halogens is 1. The van der Waals surface area contributed by atoms with Crippen LogP contribution in [0.5, 0.6) is 0 Å². The minimum atomic E-state index is -0.225. The van der Waals surface area contributed by atoms with E-state index in [1.807, 2.05) is 41.7 Å². The normalized spacial score (nSPS) is 23.0. The van der Waals surface area contributed by atoms with Crippen molar-refractivity contribution in [2.75, 3.05) is 17.3 Å². The quantitative estimate of drug-likeness (QED) is 0.924. The summed E-state index contributed by atoms with van der Waals surface area (Å²) in [6.07, 6.45) is 0.524. The molecule has 4 heteroatoms. The molecule has 0 amide bonds. The third-order valence-electron chi connectivity index (χ3n) is 2.66. The summed E-state index contributed by atoms with van der Waals surface area (Å²) >= 11 is 7.39. The molecule has 2 unspecified atom stereocenters. The Labute approximate surface area is 114 Å². The van der Waals surface area contributed by atoms with Crippen molar-refractivity contribution in [3.8, 4) is 0 Å². The van der Waals surface area contributed by atoms with Gasteiger partial charge in [0.1, 0.15) is 0 Å². The van der Waals surface area contributed by atoms with Crippen molar-refractivity contribution in [1.82, 2.24) is 0 Å². The van der Waals surface area contributed by atoms with E-state index in [-0.39, 0.29) is 6.10 Å². The van der Waals surface area contributed by atoms with Gasteiger partial charge in [0.2, 0.25) is 0 Å². The molecule has 0 radical (unpaired) electrons. The Bertz CT molecular complexity index is 340. The first-order valence-electron chi connectivity index (χ1n) is 5.38. The summed E-state index contributed by atoms with van der Waals surface area (Å²) < 4.78 is 1.10. The number of hydrogen-bond donors (Lipinski definition) is 1. The molecule has 1 fully saturated rings. The van der Waals surface area contributed by atoms with Crippen LogP contribution in [0.1, 0.15) is 5.56 Å². The van der Waals surface area contributed by atoms with Gasteiger partial charge in [0.25, 0.3) is 0 Å². The number of rotatable bonds is 3. The van der Waals surface area contributed by atoms with Gasteiger partial charge in [0.15, 0.2) is 0 Å². The monoisotopic (exact) mass is 318 g/mol. The number of thioether (sulfide) groups is 2. The van der Waals surface area contributed by atoms with Crippen LogP contribution in [0.2, 0.25) is 0 Å². The molecule has 0 aromatic heterocycles. The van der Waals surface area contributed by atoms with Crippen molar-refractivity contribution < 1.29 is 5.11 Å². The lowest BCUT2D eigenvalue weighted by molar-refractivity contribution is 0.177. The Hall–Kier alpha value is 0.360. The van der Waals surface area contributed by atoms with Gasteiger partial charge in [-0.3, -0.25) is 0 Å². The lowest BCUT2D eigenvalue weighted by atomic mass is 10.1. The maximum absolute atomic E-state index is 10.2. The van der Waals surface area contributed by atoms with Crippen LogP contribution >= 0.6 is 39.5 Å². The van der Waals surface area contributed by atoms with E-state index in [1.54, 1.807) is 0 Å². The summed E-state index contributed by atoms with van der Waals surface area (Å²) in [7, 11) is 0. The van der Waals surface area contributed by atoms with E-state index in [0.717, 1.165) is 16.6 Å². The highest BCUT2D eigenvalue weighted by atomic mass is 79.9. The lowest BCUT2D eigenvalue weighted by Gasteiger charge is -2.26. The first-order valence-corrected chi connectivity index (χ1v) is 8.38. The third-order valence-corrected chi connectivity index (χ3v) is 6.34. The lowest BCUT2D eigenvalue weighted by Crippen LogP contribution is -2.30. The standard InChI is InChI=1S/C12H15BrOS2/c13-10-4-2-1-3-9(10)7-11(14)12-8-15-5-6-16-12/h1-4,11-12,14H,5-8H2. The molecule has 1 aliphatic heterocycles. The van der Waals surface area contributed by atoms with Crippen molar-refractivity contribution in [3.63, 3.8) is 0 Å². The summed E-state index contributed by atoms with van der Waals surface area (Å²) in [6, 6.07) is 8.14. The molecule has 1 aliphatic rings. The number of hydrogen-bond acceptors (Lipinski definition) is 3. The molecule has 0 spiro atoms. The van der Waals surface area contributed by atoms with Crippen LogP contribution in [0.15, 0.2) is 28.7 Å². The minimum absolute atomic E-state index is 0.225. The van der Waals surface area contributed by atoms with Crippen LogP contribution in [0.4, 0.5) is 0 Å². The van der Waals surface area contributed by atoms with E-state index >= 15 is 0 Å². The first-order chi connectivity index (χ1) is 7.77. The maximum atomic E-state index is 10.2. The van der Waals surface area contributed by atoms with Crippen LogP contribution in [-0.2, 0) is 6.42 Å². The molecule has 2 atom stereocenters. The van der Waals surface area contributed by atoms with Crippen LogP contribution in [0, 0.1) is 0 Å². The summed E-state index contributed by atoms with van der Waals surface area (Å²) in [5, 5.41) is 10.6. The fourth-order valence-electron chi connectivity index (χ4n) is 1.75. The molecule has 1 heterocycles. The van der Waals surface area contributed by atoms with Gasteiger partial charge < -0.3 is 5.11 Å². The van der Waals surface area contributed by atoms with E-state index in [2.05, 4.69) is 22.0 Å². The highest BCUT2D eigenvalue weighted by Gasteiger charge is 2.23. The van der Waals surface area contributed by atoms with E-state index in [9.17, 15) is 5.11 Å². The fourth-order valence-corrected chi connectivity index (χ4v) is 4.97. The van der Waals surface area contributed by atoms with Crippen LogP contribution in [0.3, 0.4) is 0 Å². The zero-order chi connectivity index (χ0) is 11.4. The SMILES string of the molecule is OC(Cc1ccccc1Br)C1CSCCS1. The number of aliphatic hydroxyl groups excluding tert-OH is 1. The molecule has 16 heavy (non-hydrogen) atoms. The van der Waals surface area contributed by atoms with E-state index in [1.165, 1.54) is 17.1 Å².